The Morgan fingerprint density at radius 3 is 2.88 bits per heavy atom. The monoisotopic (exact) mass is 291 g/mol. The molecule has 88 valence electrons. The molecule has 1 atom stereocenters. The number of fused-ring (bicyclic) bond motifs is 1. The van der Waals surface area contributed by atoms with E-state index in [4.69, 9.17) is 0 Å². The molecule has 0 aromatic heterocycles. The summed E-state index contributed by atoms with van der Waals surface area (Å²) in [6.07, 6.45) is 2.28. The van der Waals surface area contributed by atoms with Gasteiger partial charge < -0.3 is 10.4 Å². The summed E-state index contributed by atoms with van der Waals surface area (Å²) >= 11 is 3.48. The first kappa shape index (κ1) is 11.1. The number of hydrogen-bond acceptors (Lipinski definition) is 2. The summed E-state index contributed by atoms with van der Waals surface area (Å²) in [5, 5.41) is 15.8. The summed E-state index contributed by atoms with van der Waals surface area (Å²) < 4.78 is 1.07. The van der Waals surface area contributed by atoms with Crippen molar-refractivity contribution in [2.24, 2.45) is 0 Å². The van der Waals surface area contributed by atoms with Gasteiger partial charge in [0.05, 0.1) is 0 Å². The average Bonchev–Trinajstić information content (AvgIpc) is 2.82. The fourth-order valence-electron chi connectivity index (χ4n) is 2.61. The Kier molecular flexibility index (Phi) is 2.81. The smallest absolute Gasteiger partial charge is 0.120 e. The van der Waals surface area contributed by atoms with E-state index in [1.54, 1.807) is 6.07 Å². The zero-order valence-electron chi connectivity index (χ0n) is 9.41. The molecule has 0 spiro atoms. The minimum Gasteiger partial charge on any atom is -0.508 e. The molecule has 3 heteroatoms. The molecule has 2 N–H and O–H groups in total. The van der Waals surface area contributed by atoms with Gasteiger partial charge in [-0.1, -0.05) is 28.1 Å². The Morgan fingerprint density at radius 1 is 1.24 bits per heavy atom. The highest BCUT2D eigenvalue weighted by Crippen LogP contribution is 2.36. The zero-order chi connectivity index (χ0) is 11.8. The number of phenolic OH excluding ortho intramolecular Hbond substituents is 1. The number of halogens is 1. The van der Waals surface area contributed by atoms with E-state index in [9.17, 15) is 5.11 Å². The molecule has 2 aromatic rings. The van der Waals surface area contributed by atoms with E-state index in [0.29, 0.717) is 11.8 Å². The molecule has 1 heterocycles. The summed E-state index contributed by atoms with van der Waals surface area (Å²) in [5.41, 5.74) is 1.05. The van der Waals surface area contributed by atoms with Crippen molar-refractivity contribution in [3.8, 4) is 5.75 Å². The molecular weight excluding hydrogens is 278 g/mol. The highest BCUT2D eigenvalue weighted by Gasteiger charge is 2.21. The van der Waals surface area contributed by atoms with E-state index in [-0.39, 0.29) is 0 Å². The van der Waals surface area contributed by atoms with Crippen LogP contribution in [-0.2, 0) is 0 Å². The lowest BCUT2D eigenvalue weighted by Gasteiger charge is -2.15. The van der Waals surface area contributed by atoms with Crippen LogP contribution in [0.5, 0.6) is 5.75 Å². The largest absolute Gasteiger partial charge is 0.508 e. The number of aromatic hydroxyl groups is 1. The third kappa shape index (κ3) is 1.94. The molecule has 0 bridgehead atoms. The molecule has 1 aliphatic rings. The van der Waals surface area contributed by atoms with Gasteiger partial charge in [0, 0.05) is 16.1 Å². The number of benzene rings is 2. The Morgan fingerprint density at radius 2 is 2.12 bits per heavy atom. The third-order valence-electron chi connectivity index (χ3n) is 3.41. The Bertz CT molecular complexity index is 561. The molecule has 1 saturated heterocycles. The molecule has 2 nitrogen and oxygen atoms in total. The third-order valence-corrected chi connectivity index (χ3v) is 3.90. The Balaban J connectivity index is 2.23. The van der Waals surface area contributed by atoms with Gasteiger partial charge in [-0.15, -0.1) is 0 Å². The van der Waals surface area contributed by atoms with Crippen LogP contribution in [0, 0.1) is 0 Å². The van der Waals surface area contributed by atoms with Crippen LogP contribution in [-0.4, -0.2) is 11.7 Å². The van der Waals surface area contributed by atoms with E-state index in [0.717, 1.165) is 28.4 Å². The summed E-state index contributed by atoms with van der Waals surface area (Å²) in [6.45, 7) is 1.04. The molecule has 1 fully saturated rings. The van der Waals surface area contributed by atoms with Gasteiger partial charge in [0.1, 0.15) is 5.75 Å². The Hall–Kier alpha value is -1.06. The van der Waals surface area contributed by atoms with Gasteiger partial charge in [-0.25, -0.2) is 0 Å². The first-order chi connectivity index (χ1) is 8.25. The lowest BCUT2D eigenvalue weighted by molar-refractivity contribution is 0.459. The van der Waals surface area contributed by atoms with E-state index in [2.05, 4.69) is 33.4 Å². The summed E-state index contributed by atoms with van der Waals surface area (Å²) in [4.78, 5) is 0. The van der Waals surface area contributed by atoms with Crippen molar-refractivity contribution in [2.45, 2.75) is 18.9 Å². The maximum absolute atomic E-state index is 10.1. The van der Waals surface area contributed by atoms with Crippen LogP contribution in [0.15, 0.2) is 34.8 Å². The summed E-state index contributed by atoms with van der Waals surface area (Å²) in [7, 11) is 0. The molecule has 2 aromatic carbocycles. The molecule has 17 heavy (non-hydrogen) atoms. The average molecular weight is 292 g/mol. The number of phenols is 1. The van der Waals surface area contributed by atoms with E-state index in [1.165, 1.54) is 11.8 Å². The van der Waals surface area contributed by atoms with Crippen molar-refractivity contribution in [2.75, 3.05) is 6.54 Å². The quantitative estimate of drug-likeness (QED) is 0.839. The maximum Gasteiger partial charge on any atom is 0.120 e. The second-order valence-electron chi connectivity index (χ2n) is 4.51. The number of nitrogens with one attached hydrogen (secondary N) is 1. The molecular formula is C14H14BrNO. The van der Waals surface area contributed by atoms with Crippen molar-refractivity contribution in [3.05, 3.63) is 40.4 Å². The SMILES string of the molecule is Oc1ccc2cc(Br)ccc2c1C1CCCN1. The van der Waals surface area contributed by atoms with Gasteiger partial charge in [-0.05, 0) is 48.4 Å². The molecule has 0 aliphatic carbocycles. The lowest BCUT2D eigenvalue weighted by atomic mass is 9.97. The highest BCUT2D eigenvalue weighted by molar-refractivity contribution is 9.10. The van der Waals surface area contributed by atoms with Gasteiger partial charge in [0.25, 0.3) is 0 Å². The van der Waals surface area contributed by atoms with Gasteiger partial charge >= 0.3 is 0 Å². The predicted molar refractivity (Wildman–Crippen MR) is 73.3 cm³/mol. The topological polar surface area (TPSA) is 32.3 Å². The van der Waals surface area contributed by atoms with Gasteiger partial charge in [0.2, 0.25) is 0 Å². The molecule has 3 rings (SSSR count). The molecule has 0 saturated carbocycles. The van der Waals surface area contributed by atoms with Gasteiger partial charge in [0.15, 0.2) is 0 Å². The fourth-order valence-corrected chi connectivity index (χ4v) is 2.99. The first-order valence-electron chi connectivity index (χ1n) is 5.90. The lowest BCUT2D eigenvalue weighted by Crippen LogP contribution is -2.13. The number of rotatable bonds is 1. The predicted octanol–water partition coefficient (Wildman–Crippen LogP) is 3.73. The van der Waals surface area contributed by atoms with Crippen molar-refractivity contribution in [1.82, 2.24) is 5.32 Å². The molecule has 0 amide bonds. The Labute approximate surface area is 109 Å². The van der Waals surface area contributed by atoms with Crippen LogP contribution in [0.3, 0.4) is 0 Å². The normalized spacial score (nSPS) is 19.9. The standard InChI is InChI=1S/C14H14BrNO/c15-10-4-5-11-9(8-10)3-6-13(17)14(11)12-2-1-7-16-12/h3-6,8,12,16-17H,1-2,7H2. The second-order valence-corrected chi connectivity index (χ2v) is 5.43. The van der Waals surface area contributed by atoms with Crippen LogP contribution in [0.4, 0.5) is 0 Å². The number of hydrogen-bond donors (Lipinski definition) is 2. The van der Waals surface area contributed by atoms with E-state index >= 15 is 0 Å². The maximum atomic E-state index is 10.1. The highest BCUT2D eigenvalue weighted by atomic mass is 79.9. The fraction of sp³-hybridized carbons (Fsp3) is 0.286. The minimum atomic E-state index is 0.292. The molecule has 1 unspecified atom stereocenters. The van der Waals surface area contributed by atoms with Crippen LogP contribution in [0.1, 0.15) is 24.4 Å². The van der Waals surface area contributed by atoms with E-state index in [1.807, 2.05) is 12.1 Å². The van der Waals surface area contributed by atoms with Crippen molar-refractivity contribution < 1.29 is 5.11 Å². The van der Waals surface area contributed by atoms with Crippen molar-refractivity contribution in [3.63, 3.8) is 0 Å². The van der Waals surface area contributed by atoms with Crippen LogP contribution in [0.2, 0.25) is 0 Å². The first-order valence-corrected chi connectivity index (χ1v) is 6.69. The van der Waals surface area contributed by atoms with Gasteiger partial charge in [-0.2, -0.15) is 0 Å². The molecule has 1 aliphatic heterocycles. The van der Waals surface area contributed by atoms with E-state index < -0.39 is 0 Å². The summed E-state index contributed by atoms with van der Waals surface area (Å²) in [6, 6.07) is 10.2. The molecule has 0 radical (unpaired) electrons. The van der Waals surface area contributed by atoms with Crippen molar-refractivity contribution >= 4 is 26.7 Å². The van der Waals surface area contributed by atoms with Crippen molar-refractivity contribution in [1.29, 1.82) is 0 Å². The van der Waals surface area contributed by atoms with Crippen LogP contribution >= 0.6 is 15.9 Å². The minimum absolute atomic E-state index is 0.292. The zero-order valence-corrected chi connectivity index (χ0v) is 11.0. The summed E-state index contributed by atoms with van der Waals surface area (Å²) in [5.74, 6) is 0.402. The van der Waals surface area contributed by atoms with Crippen LogP contribution < -0.4 is 5.32 Å². The van der Waals surface area contributed by atoms with Crippen LogP contribution in [0.25, 0.3) is 10.8 Å². The second kappa shape index (κ2) is 4.31. The van der Waals surface area contributed by atoms with Gasteiger partial charge in [-0.3, -0.25) is 0 Å².